The number of aryl methyl sites for hydroxylation is 1. The van der Waals surface area contributed by atoms with Crippen molar-refractivity contribution in [1.82, 2.24) is 0 Å². The summed E-state index contributed by atoms with van der Waals surface area (Å²) in [5.74, 6) is -4.21. The maximum Gasteiger partial charge on any atom is 0.346 e. The molecule has 1 aromatic carbocycles. The van der Waals surface area contributed by atoms with Crippen LogP contribution in [0, 0.1) is 12.7 Å². The first-order valence-electron chi connectivity index (χ1n) is 6.73. The molecule has 0 amide bonds. The fraction of sp³-hybridized carbons (Fsp3) is 0.400. The van der Waals surface area contributed by atoms with E-state index in [0.29, 0.717) is 5.56 Å². The van der Waals surface area contributed by atoms with Gasteiger partial charge in [-0.1, -0.05) is 12.1 Å². The number of esters is 2. The summed E-state index contributed by atoms with van der Waals surface area (Å²) >= 11 is 0. The van der Waals surface area contributed by atoms with Gasteiger partial charge in [-0.05, 0) is 32.4 Å². The predicted molar refractivity (Wildman–Crippen MR) is 75.7 cm³/mol. The number of ketones is 1. The van der Waals surface area contributed by atoms with E-state index >= 15 is 0 Å². The summed E-state index contributed by atoms with van der Waals surface area (Å²) in [5, 5.41) is 0. The van der Waals surface area contributed by atoms with Gasteiger partial charge in [-0.2, -0.15) is 0 Å². The van der Waals surface area contributed by atoms with E-state index in [1.807, 2.05) is 0 Å². The molecule has 0 aromatic heterocycles. The molecule has 120 valence electrons. The Bertz CT molecular complexity index is 582. The van der Waals surface area contributed by atoms with Crippen LogP contribution in [-0.2, 0) is 19.1 Å². The van der Waals surface area contributed by atoms with Crippen molar-refractivity contribution in [2.45, 2.75) is 26.3 Å². The lowest BCUT2D eigenvalue weighted by molar-refractivity contribution is -0.160. The van der Waals surface area contributed by atoms with Crippen molar-refractivity contribution in [3.63, 3.8) is 0 Å². The lowest BCUT2D eigenvalue weighted by atomic mass is 9.89. The third kappa shape index (κ3) is 3.30. The number of carbonyl (C=O) groups excluding carboxylic acids is 3. The fourth-order valence-corrected chi connectivity index (χ4v) is 1.72. The van der Waals surface area contributed by atoms with Gasteiger partial charge in [0.1, 0.15) is 5.82 Å². The van der Waals surface area contributed by atoms with Crippen molar-refractivity contribution in [3.05, 3.63) is 35.1 Å². The highest BCUT2D eigenvalue weighted by Crippen LogP contribution is 2.18. The van der Waals surface area contributed by atoms with Crippen LogP contribution in [-0.4, -0.2) is 36.5 Å². The Kier molecular flexibility index (Phi) is 5.76. The van der Waals surface area contributed by atoms with Crippen molar-refractivity contribution in [3.8, 4) is 0 Å². The molecule has 0 bridgehead atoms. The SMILES string of the molecule is CCOC(=O)C(N)(C(=O)OCC)C(=O)c1ccc(C)c(F)c1. The lowest BCUT2D eigenvalue weighted by Crippen LogP contribution is -2.62. The zero-order valence-corrected chi connectivity index (χ0v) is 12.6. The van der Waals surface area contributed by atoms with Gasteiger partial charge in [0.05, 0.1) is 13.2 Å². The van der Waals surface area contributed by atoms with E-state index in [1.165, 1.54) is 32.9 Å². The van der Waals surface area contributed by atoms with E-state index < -0.39 is 29.1 Å². The minimum Gasteiger partial charge on any atom is -0.464 e. The Morgan fingerprint density at radius 3 is 2.05 bits per heavy atom. The number of rotatable bonds is 6. The molecule has 0 unspecified atom stereocenters. The topological polar surface area (TPSA) is 95.7 Å². The Labute approximate surface area is 127 Å². The minimum absolute atomic E-state index is 0.0767. The van der Waals surface area contributed by atoms with Gasteiger partial charge < -0.3 is 9.47 Å². The van der Waals surface area contributed by atoms with Gasteiger partial charge in [0.15, 0.2) is 0 Å². The van der Waals surface area contributed by atoms with Gasteiger partial charge in [-0.15, -0.1) is 0 Å². The predicted octanol–water partition coefficient (Wildman–Crippen LogP) is 1.14. The molecule has 7 heteroatoms. The number of hydrogen-bond acceptors (Lipinski definition) is 6. The summed E-state index contributed by atoms with van der Waals surface area (Å²) in [4.78, 5) is 36.4. The average molecular weight is 311 g/mol. The van der Waals surface area contributed by atoms with Crippen molar-refractivity contribution >= 4 is 17.7 Å². The summed E-state index contributed by atoms with van der Waals surface area (Å²) < 4.78 is 23.0. The number of benzene rings is 1. The highest BCUT2D eigenvalue weighted by Gasteiger charge is 2.52. The minimum atomic E-state index is -2.66. The molecule has 0 saturated carbocycles. The molecule has 0 aliphatic heterocycles. The number of carbonyl (C=O) groups is 3. The summed E-state index contributed by atoms with van der Waals surface area (Å²) in [6.07, 6.45) is 0. The first-order chi connectivity index (χ1) is 10.3. The molecule has 0 atom stereocenters. The number of ether oxygens (including phenoxy) is 2. The van der Waals surface area contributed by atoms with E-state index in [4.69, 9.17) is 15.2 Å². The Morgan fingerprint density at radius 2 is 1.64 bits per heavy atom. The lowest BCUT2D eigenvalue weighted by Gasteiger charge is -2.23. The van der Waals surface area contributed by atoms with Crippen LogP contribution < -0.4 is 5.73 Å². The first-order valence-corrected chi connectivity index (χ1v) is 6.73. The molecule has 1 aromatic rings. The zero-order valence-electron chi connectivity index (χ0n) is 12.6. The Hall–Kier alpha value is -2.28. The van der Waals surface area contributed by atoms with Crippen molar-refractivity contribution in [1.29, 1.82) is 0 Å². The number of nitrogens with two attached hydrogens (primary N) is 1. The largest absolute Gasteiger partial charge is 0.464 e. The van der Waals surface area contributed by atoms with E-state index in [2.05, 4.69) is 0 Å². The normalized spacial score (nSPS) is 11.0. The van der Waals surface area contributed by atoms with Gasteiger partial charge in [-0.25, -0.2) is 14.0 Å². The van der Waals surface area contributed by atoms with Crippen LogP contribution in [0.25, 0.3) is 0 Å². The van der Waals surface area contributed by atoms with Gasteiger partial charge in [0, 0.05) is 5.56 Å². The van der Waals surface area contributed by atoms with E-state index in [9.17, 15) is 18.8 Å². The molecule has 0 fully saturated rings. The summed E-state index contributed by atoms with van der Waals surface area (Å²) in [6, 6.07) is 3.54. The number of Topliss-reactive ketones (excluding diaryl/α,β-unsaturated/α-hetero) is 1. The van der Waals surface area contributed by atoms with Crippen LogP contribution >= 0.6 is 0 Å². The van der Waals surface area contributed by atoms with Crippen LogP contribution in [0.5, 0.6) is 0 Å². The van der Waals surface area contributed by atoms with Gasteiger partial charge in [0.2, 0.25) is 5.78 Å². The van der Waals surface area contributed by atoms with Crippen molar-refractivity contribution in [2.75, 3.05) is 13.2 Å². The zero-order chi connectivity index (χ0) is 16.9. The van der Waals surface area contributed by atoms with Crippen LogP contribution in [0.3, 0.4) is 0 Å². The highest BCUT2D eigenvalue weighted by molar-refractivity contribution is 6.30. The standard InChI is InChI=1S/C15H18FNO5/c1-4-21-13(19)15(17,14(20)22-5-2)12(18)10-7-6-9(3)11(16)8-10/h6-8H,4-5,17H2,1-3H3. The molecule has 0 aliphatic carbocycles. The highest BCUT2D eigenvalue weighted by atomic mass is 19.1. The van der Waals surface area contributed by atoms with E-state index in [1.54, 1.807) is 0 Å². The van der Waals surface area contributed by atoms with Gasteiger partial charge in [0.25, 0.3) is 5.54 Å². The molecule has 0 radical (unpaired) electrons. The third-order valence-corrected chi connectivity index (χ3v) is 2.99. The second-order valence-corrected chi connectivity index (χ2v) is 4.54. The molecule has 0 aliphatic rings. The Morgan fingerprint density at radius 1 is 1.14 bits per heavy atom. The summed E-state index contributed by atoms with van der Waals surface area (Å²) in [5.41, 5.74) is 3.14. The monoisotopic (exact) mass is 311 g/mol. The molecule has 2 N–H and O–H groups in total. The molecule has 0 saturated heterocycles. The van der Waals surface area contributed by atoms with Crippen LogP contribution in [0.1, 0.15) is 29.8 Å². The van der Waals surface area contributed by atoms with Crippen LogP contribution in [0.2, 0.25) is 0 Å². The molecule has 6 nitrogen and oxygen atoms in total. The first kappa shape index (κ1) is 17.8. The van der Waals surface area contributed by atoms with Gasteiger partial charge >= 0.3 is 11.9 Å². The number of halogens is 1. The van der Waals surface area contributed by atoms with E-state index in [0.717, 1.165) is 6.07 Å². The van der Waals surface area contributed by atoms with Crippen LogP contribution in [0.4, 0.5) is 4.39 Å². The van der Waals surface area contributed by atoms with E-state index in [-0.39, 0.29) is 18.8 Å². The second kappa shape index (κ2) is 7.13. The quantitative estimate of drug-likeness (QED) is 0.481. The maximum atomic E-state index is 13.6. The third-order valence-electron chi connectivity index (χ3n) is 2.99. The average Bonchev–Trinajstić information content (AvgIpc) is 2.48. The van der Waals surface area contributed by atoms with Crippen molar-refractivity contribution < 1.29 is 28.2 Å². The summed E-state index contributed by atoms with van der Waals surface area (Å²) in [7, 11) is 0. The molecule has 0 heterocycles. The maximum absolute atomic E-state index is 13.6. The smallest absolute Gasteiger partial charge is 0.346 e. The Balaban J connectivity index is 3.30. The molecule has 22 heavy (non-hydrogen) atoms. The molecular weight excluding hydrogens is 293 g/mol. The summed E-state index contributed by atoms with van der Waals surface area (Å²) in [6.45, 7) is 4.36. The molecular formula is C15H18FNO5. The molecule has 1 rings (SSSR count). The second-order valence-electron chi connectivity index (χ2n) is 4.54. The van der Waals surface area contributed by atoms with Gasteiger partial charge in [-0.3, -0.25) is 10.5 Å². The number of hydrogen-bond donors (Lipinski definition) is 1. The molecule has 0 spiro atoms. The van der Waals surface area contributed by atoms with Crippen LogP contribution in [0.15, 0.2) is 18.2 Å². The van der Waals surface area contributed by atoms with Crippen molar-refractivity contribution in [2.24, 2.45) is 5.73 Å². The fourth-order valence-electron chi connectivity index (χ4n) is 1.72.